The Labute approximate surface area is 354 Å². The van der Waals surface area contributed by atoms with Crippen molar-refractivity contribution < 1.29 is 28.6 Å². The minimum absolute atomic E-state index is 0.115. The molecule has 1 unspecified atom stereocenters. The summed E-state index contributed by atoms with van der Waals surface area (Å²) in [4.78, 5) is 37.6. The van der Waals surface area contributed by atoms with Gasteiger partial charge < -0.3 is 14.2 Å². The molecule has 0 fully saturated rings. The Hall–Kier alpha value is -4.45. The van der Waals surface area contributed by atoms with Crippen LogP contribution in [0.15, 0.2) is 134 Å². The highest BCUT2D eigenvalue weighted by molar-refractivity contribution is 5.72. The molecule has 0 rings (SSSR count). The maximum atomic E-state index is 12.7. The first-order valence-electron chi connectivity index (χ1n) is 22.3. The molecule has 0 aromatic rings. The first kappa shape index (κ1) is 53.6. The lowest BCUT2D eigenvalue weighted by atomic mass is 10.1. The van der Waals surface area contributed by atoms with Crippen molar-refractivity contribution in [1.29, 1.82) is 0 Å². The summed E-state index contributed by atoms with van der Waals surface area (Å²) in [6.45, 7) is 6.14. The molecule has 0 aliphatic rings. The van der Waals surface area contributed by atoms with Gasteiger partial charge in [-0.05, 0) is 77.0 Å². The molecule has 1 atom stereocenters. The third-order valence-electron chi connectivity index (χ3n) is 8.59. The van der Waals surface area contributed by atoms with E-state index in [4.69, 9.17) is 14.2 Å². The SMILES string of the molecule is CC\C=C/C=C\C=C/C=C\CCCCCC(=O)OC(COC(=O)C/C=C\C/C=C\C/C=C\CC)COC(=O)CCCCCCC\C=C/C=C\C=C/C=C\CCCCC. The van der Waals surface area contributed by atoms with Gasteiger partial charge in [-0.15, -0.1) is 0 Å². The molecule has 0 aliphatic heterocycles. The molecule has 0 saturated heterocycles. The molecule has 58 heavy (non-hydrogen) atoms. The lowest BCUT2D eigenvalue weighted by Crippen LogP contribution is -2.30. The van der Waals surface area contributed by atoms with Crippen LogP contribution in [0, 0.1) is 0 Å². The highest BCUT2D eigenvalue weighted by Gasteiger charge is 2.19. The molecule has 0 amide bonds. The average Bonchev–Trinajstić information content (AvgIpc) is 3.22. The van der Waals surface area contributed by atoms with Crippen LogP contribution in [-0.2, 0) is 28.6 Å². The van der Waals surface area contributed by atoms with E-state index in [0.29, 0.717) is 12.8 Å². The number of carbonyl (C=O) groups excluding carboxylic acids is 3. The normalized spacial score (nSPS) is 13.4. The van der Waals surface area contributed by atoms with E-state index in [0.717, 1.165) is 89.9 Å². The third kappa shape index (κ3) is 42.7. The molecule has 6 heteroatoms. The Balaban J connectivity index is 4.56. The van der Waals surface area contributed by atoms with Crippen LogP contribution in [0.2, 0.25) is 0 Å². The van der Waals surface area contributed by atoms with E-state index in [-0.39, 0.29) is 38.0 Å². The standard InChI is InChI=1S/C52H78O6/c1-4-7-10-13-16-19-21-23-24-25-26-27-29-30-33-36-39-42-45-51(54)57-48-49(47-56-50(53)44-41-38-35-32-18-15-12-9-6-3)58-52(55)46-43-40-37-34-31-28-22-20-17-14-11-8-5-2/h8-9,11-12,14,16-28,31-32,38,41,49H,4-7,10,13,15,29-30,33-37,39-40,42-48H2,1-3H3/b11-8-,12-9-,17-14-,19-16-,22-20-,23-21-,25-24-,27-26-,31-28-,32-18-,41-38-. The van der Waals surface area contributed by atoms with Crippen molar-refractivity contribution >= 4 is 17.9 Å². The highest BCUT2D eigenvalue weighted by Crippen LogP contribution is 2.11. The highest BCUT2D eigenvalue weighted by atomic mass is 16.6. The average molecular weight is 799 g/mol. The topological polar surface area (TPSA) is 78.9 Å². The van der Waals surface area contributed by atoms with E-state index in [1.54, 1.807) is 6.08 Å². The molecule has 0 saturated carbocycles. The number of allylic oxidation sites excluding steroid dienone is 21. The molecule has 0 radical (unpaired) electrons. The number of ether oxygens (including phenoxy) is 3. The fourth-order valence-electron chi connectivity index (χ4n) is 5.29. The molecule has 0 aliphatic carbocycles. The van der Waals surface area contributed by atoms with Gasteiger partial charge in [0, 0.05) is 12.8 Å². The number of hydrogen-bond donors (Lipinski definition) is 0. The van der Waals surface area contributed by atoms with Crippen molar-refractivity contribution in [3.63, 3.8) is 0 Å². The molecule has 0 bridgehead atoms. The van der Waals surface area contributed by atoms with E-state index in [2.05, 4.69) is 99.8 Å². The summed E-state index contributed by atoms with van der Waals surface area (Å²) in [7, 11) is 0. The lowest BCUT2D eigenvalue weighted by molar-refractivity contribution is -0.166. The predicted molar refractivity (Wildman–Crippen MR) is 246 cm³/mol. The molecule has 0 spiro atoms. The van der Waals surface area contributed by atoms with E-state index in [1.807, 2.05) is 48.6 Å². The molecule has 322 valence electrons. The van der Waals surface area contributed by atoms with E-state index in [1.165, 1.54) is 19.3 Å². The summed E-state index contributed by atoms with van der Waals surface area (Å²) in [5.74, 6) is -1.15. The summed E-state index contributed by atoms with van der Waals surface area (Å²) in [6, 6.07) is 0. The van der Waals surface area contributed by atoms with Gasteiger partial charge in [0.25, 0.3) is 0 Å². The van der Waals surface area contributed by atoms with Gasteiger partial charge in [0.05, 0.1) is 6.42 Å². The second-order valence-corrected chi connectivity index (χ2v) is 14.0. The maximum absolute atomic E-state index is 12.7. The summed E-state index contributed by atoms with van der Waals surface area (Å²) < 4.78 is 16.5. The second kappa shape index (κ2) is 45.3. The fourth-order valence-corrected chi connectivity index (χ4v) is 5.29. The Bertz CT molecular complexity index is 1330. The largest absolute Gasteiger partial charge is 0.462 e. The number of esters is 3. The first-order valence-corrected chi connectivity index (χ1v) is 22.3. The molecule has 0 N–H and O–H groups in total. The Kier molecular flexibility index (Phi) is 41.8. The second-order valence-electron chi connectivity index (χ2n) is 14.0. The van der Waals surface area contributed by atoms with Crippen LogP contribution in [0.3, 0.4) is 0 Å². The minimum Gasteiger partial charge on any atom is -0.462 e. The molecule has 0 aromatic heterocycles. The zero-order valence-electron chi connectivity index (χ0n) is 36.5. The van der Waals surface area contributed by atoms with Gasteiger partial charge in [0.2, 0.25) is 0 Å². The molecular formula is C52H78O6. The van der Waals surface area contributed by atoms with Crippen molar-refractivity contribution in [2.75, 3.05) is 13.2 Å². The monoisotopic (exact) mass is 799 g/mol. The summed E-state index contributed by atoms with van der Waals surface area (Å²) in [5.41, 5.74) is 0. The minimum atomic E-state index is -0.846. The van der Waals surface area contributed by atoms with Gasteiger partial charge in [-0.25, -0.2) is 0 Å². The van der Waals surface area contributed by atoms with Crippen molar-refractivity contribution in [2.45, 2.75) is 162 Å². The summed E-state index contributed by atoms with van der Waals surface area (Å²) >= 11 is 0. The van der Waals surface area contributed by atoms with Gasteiger partial charge >= 0.3 is 17.9 Å². The molecule has 0 aromatic carbocycles. The fraction of sp³-hybridized carbons (Fsp3) is 0.519. The van der Waals surface area contributed by atoms with Crippen LogP contribution in [0.4, 0.5) is 0 Å². The zero-order chi connectivity index (χ0) is 42.3. The van der Waals surface area contributed by atoms with Crippen molar-refractivity contribution in [3.8, 4) is 0 Å². The van der Waals surface area contributed by atoms with Crippen LogP contribution < -0.4 is 0 Å². The van der Waals surface area contributed by atoms with Crippen molar-refractivity contribution in [1.82, 2.24) is 0 Å². The number of carbonyl (C=O) groups is 3. The van der Waals surface area contributed by atoms with Crippen LogP contribution in [0.5, 0.6) is 0 Å². The first-order chi connectivity index (χ1) is 28.5. The number of hydrogen-bond acceptors (Lipinski definition) is 6. The van der Waals surface area contributed by atoms with Gasteiger partial charge in [0.15, 0.2) is 6.10 Å². The van der Waals surface area contributed by atoms with Crippen LogP contribution in [0.1, 0.15) is 156 Å². The van der Waals surface area contributed by atoms with Crippen molar-refractivity contribution in [2.24, 2.45) is 0 Å². The third-order valence-corrected chi connectivity index (χ3v) is 8.59. The quantitative estimate of drug-likeness (QED) is 0.0205. The van der Waals surface area contributed by atoms with E-state index >= 15 is 0 Å². The molecule has 0 heterocycles. The van der Waals surface area contributed by atoms with Gasteiger partial charge in [0.1, 0.15) is 13.2 Å². The smallest absolute Gasteiger partial charge is 0.309 e. The van der Waals surface area contributed by atoms with Crippen molar-refractivity contribution in [3.05, 3.63) is 134 Å². The lowest BCUT2D eigenvalue weighted by Gasteiger charge is -2.18. The summed E-state index contributed by atoms with van der Waals surface area (Å²) in [5, 5.41) is 0. The molecule has 6 nitrogen and oxygen atoms in total. The number of unbranched alkanes of at least 4 members (excludes halogenated alkanes) is 11. The van der Waals surface area contributed by atoms with Gasteiger partial charge in [-0.2, -0.15) is 0 Å². The van der Waals surface area contributed by atoms with E-state index in [9.17, 15) is 14.4 Å². The Morgan fingerprint density at radius 1 is 0.397 bits per heavy atom. The van der Waals surface area contributed by atoms with Gasteiger partial charge in [-0.1, -0.05) is 193 Å². The van der Waals surface area contributed by atoms with Gasteiger partial charge in [-0.3, -0.25) is 14.4 Å². The predicted octanol–water partition coefficient (Wildman–Crippen LogP) is 14.4. The van der Waals surface area contributed by atoms with E-state index < -0.39 is 12.1 Å². The molecular weight excluding hydrogens is 721 g/mol. The Morgan fingerprint density at radius 3 is 1.36 bits per heavy atom. The Morgan fingerprint density at radius 2 is 0.810 bits per heavy atom. The van der Waals surface area contributed by atoms with Crippen LogP contribution in [-0.4, -0.2) is 37.2 Å². The van der Waals surface area contributed by atoms with Crippen LogP contribution in [0.25, 0.3) is 0 Å². The zero-order valence-corrected chi connectivity index (χ0v) is 36.5. The maximum Gasteiger partial charge on any atom is 0.309 e. The summed E-state index contributed by atoms with van der Waals surface area (Å²) in [6.07, 6.45) is 63.2. The number of rotatable bonds is 37. The van der Waals surface area contributed by atoms with Crippen LogP contribution >= 0.6 is 0 Å².